The minimum Gasteiger partial charge on any atom is -0.497 e. The van der Waals surface area contributed by atoms with Crippen LogP contribution in [0, 0.1) is 10.1 Å². The van der Waals surface area contributed by atoms with Crippen molar-refractivity contribution in [2.45, 2.75) is 32.7 Å². The number of nitrogens with zero attached hydrogens (tertiary/aromatic N) is 1. The molecule has 2 aromatic carbocycles. The number of nitrogens with one attached hydrogen (secondary N) is 2. The van der Waals surface area contributed by atoms with Crippen LogP contribution < -0.4 is 15.4 Å². The number of allylic oxidation sites excluding steroid dienone is 3. The van der Waals surface area contributed by atoms with E-state index in [-0.39, 0.29) is 17.9 Å². The first-order valence-electron chi connectivity index (χ1n) is 11.2. The Morgan fingerprint density at radius 2 is 1.91 bits per heavy atom. The highest BCUT2D eigenvalue weighted by Crippen LogP contribution is 2.38. The summed E-state index contributed by atoms with van der Waals surface area (Å²) in [6, 6.07) is 13.7. The molecule has 3 rings (SSSR count). The van der Waals surface area contributed by atoms with Crippen LogP contribution >= 0.6 is 0 Å². The molecule has 0 aromatic heterocycles. The number of rotatable bonds is 11. The van der Waals surface area contributed by atoms with Gasteiger partial charge in [0.05, 0.1) is 24.2 Å². The first kappa shape index (κ1) is 25.6. The molecule has 1 heterocycles. The summed E-state index contributed by atoms with van der Waals surface area (Å²) in [6.45, 7) is 4.96. The molecule has 1 unspecified atom stereocenters. The Kier molecular flexibility index (Phi) is 8.74. The average molecular weight is 480 g/mol. The van der Waals surface area contributed by atoms with Gasteiger partial charge in [-0.25, -0.2) is 4.79 Å². The zero-order valence-corrected chi connectivity index (χ0v) is 20.0. The van der Waals surface area contributed by atoms with Crippen LogP contribution in [0.1, 0.15) is 37.3 Å². The van der Waals surface area contributed by atoms with Crippen molar-refractivity contribution in [3.8, 4) is 5.75 Å². The molecule has 2 aromatic rings. The van der Waals surface area contributed by atoms with Crippen LogP contribution in [0.5, 0.6) is 5.75 Å². The van der Waals surface area contributed by atoms with Gasteiger partial charge in [0.25, 0.3) is 5.69 Å². The predicted octanol–water partition coefficient (Wildman–Crippen LogP) is 3.76. The van der Waals surface area contributed by atoms with Crippen molar-refractivity contribution in [1.29, 1.82) is 0 Å². The Labute approximate surface area is 204 Å². The van der Waals surface area contributed by atoms with E-state index in [9.17, 15) is 19.7 Å². The zero-order valence-electron chi connectivity index (χ0n) is 20.0. The van der Waals surface area contributed by atoms with Crippen molar-refractivity contribution >= 4 is 17.9 Å². The van der Waals surface area contributed by atoms with Crippen LogP contribution in [0.25, 0.3) is 0 Å². The van der Waals surface area contributed by atoms with E-state index in [1.54, 1.807) is 33.1 Å². The van der Waals surface area contributed by atoms with Gasteiger partial charge in [0.1, 0.15) is 12.0 Å². The monoisotopic (exact) mass is 479 g/mol. The summed E-state index contributed by atoms with van der Waals surface area (Å²) >= 11 is 0. The minimum atomic E-state index is -0.755. The molecule has 0 aliphatic carbocycles. The lowest BCUT2D eigenvalue weighted by atomic mass is 9.81. The first-order chi connectivity index (χ1) is 16.8. The van der Waals surface area contributed by atoms with Gasteiger partial charge in [0.2, 0.25) is 0 Å². The Bertz CT molecular complexity index is 1150. The first-order valence-corrected chi connectivity index (χ1v) is 11.2. The standard InChI is InChI=1S/C26H29N3O6/c1-17-23(16-30)25(20-6-4-7-21(14-20)29(32)33)24(18(2)28-17)26(31)35-13-5-12-27-15-19-8-10-22(34-3)11-9-19/h4,6-11,14,16,25,27-28H,5,12-13,15H2,1-3H3. The number of carbonyl (C=O) groups excluding carboxylic acids is 2. The van der Waals surface area contributed by atoms with E-state index in [1.165, 1.54) is 12.1 Å². The normalized spacial score (nSPS) is 15.5. The lowest BCUT2D eigenvalue weighted by Gasteiger charge is -2.29. The highest BCUT2D eigenvalue weighted by Gasteiger charge is 2.34. The molecule has 0 fully saturated rings. The van der Waals surface area contributed by atoms with Crippen molar-refractivity contribution in [3.63, 3.8) is 0 Å². The summed E-state index contributed by atoms with van der Waals surface area (Å²) in [4.78, 5) is 35.7. The number of methoxy groups -OCH3 is 1. The van der Waals surface area contributed by atoms with Crippen LogP contribution in [-0.2, 0) is 20.9 Å². The summed E-state index contributed by atoms with van der Waals surface area (Å²) in [5.74, 6) is -0.517. The van der Waals surface area contributed by atoms with Gasteiger partial charge in [-0.2, -0.15) is 0 Å². The molecule has 1 aliphatic rings. The molecule has 1 aliphatic heterocycles. The van der Waals surface area contributed by atoms with Gasteiger partial charge >= 0.3 is 5.97 Å². The molecule has 9 nitrogen and oxygen atoms in total. The van der Waals surface area contributed by atoms with E-state index in [2.05, 4.69) is 10.6 Å². The molecule has 35 heavy (non-hydrogen) atoms. The summed E-state index contributed by atoms with van der Waals surface area (Å²) in [5.41, 5.74) is 3.22. The highest BCUT2D eigenvalue weighted by atomic mass is 16.6. The van der Waals surface area contributed by atoms with Crippen molar-refractivity contribution in [2.24, 2.45) is 0 Å². The van der Waals surface area contributed by atoms with Crippen molar-refractivity contribution in [2.75, 3.05) is 20.3 Å². The molecule has 0 radical (unpaired) electrons. The summed E-state index contributed by atoms with van der Waals surface area (Å²) in [7, 11) is 1.62. The van der Waals surface area contributed by atoms with E-state index in [0.29, 0.717) is 48.3 Å². The molecule has 2 N–H and O–H groups in total. The average Bonchev–Trinajstić information content (AvgIpc) is 2.86. The Morgan fingerprint density at radius 3 is 2.57 bits per heavy atom. The predicted molar refractivity (Wildman–Crippen MR) is 131 cm³/mol. The number of nitro benzene ring substituents is 1. The van der Waals surface area contributed by atoms with Gasteiger partial charge in [-0.15, -0.1) is 0 Å². The van der Waals surface area contributed by atoms with Gasteiger partial charge in [0.15, 0.2) is 0 Å². The number of nitro groups is 1. The van der Waals surface area contributed by atoms with Gasteiger partial charge in [0, 0.05) is 41.6 Å². The largest absolute Gasteiger partial charge is 0.497 e. The molecule has 0 amide bonds. The van der Waals surface area contributed by atoms with Crippen LogP contribution in [0.15, 0.2) is 71.1 Å². The summed E-state index contributed by atoms with van der Waals surface area (Å²) in [6.07, 6.45) is 1.27. The quantitative estimate of drug-likeness (QED) is 0.164. The van der Waals surface area contributed by atoms with Crippen LogP contribution in [0.4, 0.5) is 5.69 Å². The van der Waals surface area contributed by atoms with E-state index in [0.717, 1.165) is 11.3 Å². The zero-order chi connectivity index (χ0) is 25.4. The second-order valence-electron chi connectivity index (χ2n) is 8.16. The van der Waals surface area contributed by atoms with E-state index >= 15 is 0 Å². The number of dihydropyridines is 1. The molecule has 0 spiro atoms. The third kappa shape index (κ3) is 6.33. The third-order valence-electron chi connectivity index (χ3n) is 5.79. The fourth-order valence-electron chi connectivity index (χ4n) is 4.02. The van der Waals surface area contributed by atoms with Gasteiger partial charge in [-0.05, 0) is 50.1 Å². The van der Waals surface area contributed by atoms with Crippen molar-refractivity contribution in [1.82, 2.24) is 10.6 Å². The van der Waals surface area contributed by atoms with Crippen LogP contribution in [-0.4, -0.2) is 37.4 Å². The van der Waals surface area contributed by atoms with E-state index < -0.39 is 16.8 Å². The molecule has 1 atom stereocenters. The van der Waals surface area contributed by atoms with E-state index in [1.807, 2.05) is 24.3 Å². The SMILES string of the molecule is COc1ccc(CNCCCOC(=O)C2=C(C)NC(C)=C(C=O)C2c2cccc([N+](=O)[O-])c2)cc1. The number of hydrogen-bond donors (Lipinski definition) is 2. The molecule has 9 heteroatoms. The van der Waals surface area contributed by atoms with Crippen molar-refractivity contribution in [3.05, 3.63) is 92.3 Å². The Hall–Kier alpha value is -3.98. The number of hydrogen-bond acceptors (Lipinski definition) is 8. The number of ether oxygens (including phenoxy) is 2. The molecule has 0 saturated carbocycles. The third-order valence-corrected chi connectivity index (χ3v) is 5.79. The van der Waals surface area contributed by atoms with Gasteiger partial charge in [-0.3, -0.25) is 14.9 Å². The van der Waals surface area contributed by atoms with E-state index in [4.69, 9.17) is 9.47 Å². The highest BCUT2D eigenvalue weighted by molar-refractivity contribution is 5.96. The second-order valence-corrected chi connectivity index (χ2v) is 8.16. The molecular weight excluding hydrogens is 450 g/mol. The lowest BCUT2D eigenvalue weighted by molar-refractivity contribution is -0.384. The fourth-order valence-corrected chi connectivity index (χ4v) is 4.02. The molecule has 0 bridgehead atoms. The second kappa shape index (κ2) is 11.9. The maximum Gasteiger partial charge on any atom is 0.336 e. The molecular formula is C26H29N3O6. The lowest BCUT2D eigenvalue weighted by Crippen LogP contribution is -2.30. The van der Waals surface area contributed by atoms with Crippen molar-refractivity contribution < 1.29 is 24.0 Å². The number of benzene rings is 2. The fraction of sp³-hybridized carbons (Fsp3) is 0.308. The maximum absolute atomic E-state index is 13.1. The summed E-state index contributed by atoms with van der Waals surface area (Å²) < 4.78 is 10.7. The molecule has 184 valence electrons. The number of non-ortho nitro benzene ring substituents is 1. The van der Waals surface area contributed by atoms with Crippen LogP contribution in [0.3, 0.4) is 0 Å². The minimum absolute atomic E-state index is 0.114. The smallest absolute Gasteiger partial charge is 0.336 e. The topological polar surface area (TPSA) is 120 Å². The number of esters is 1. The number of carbonyl (C=O) groups is 2. The van der Waals surface area contributed by atoms with Crippen LogP contribution in [0.2, 0.25) is 0 Å². The maximum atomic E-state index is 13.1. The summed E-state index contributed by atoms with van der Waals surface area (Å²) in [5, 5.41) is 17.6. The molecule has 0 saturated heterocycles. The Morgan fingerprint density at radius 1 is 1.17 bits per heavy atom. The van der Waals surface area contributed by atoms with Gasteiger partial charge < -0.3 is 20.1 Å². The van der Waals surface area contributed by atoms with Gasteiger partial charge in [-0.1, -0.05) is 24.3 Å². The number of aldehydes is 1. The Balaban J connectivity index is 1.64.